The van der Waals surface area contributed by atoms with Crippen LogP contribution in [0.3, 0.4) is 0 Å². The molecule has 1 atom stereocenters. The summed E-state index contributed by atoms with van der Waals surface area (Å²) in [5.41, 5.74) is 0.125. The zero-order valence-electron chi connectivity index (χ0n) is 10.5. The maximum Gasteiger partial charge on any atom is 0.337 e. The van der Waals surface area contributed by atoms with Crippen LogP contribution in [0.1, 0.15) is 23.2 Å². The molecule has 2 saturated heterocycles. The Hall–Kier alpha value is -1.33. The molecule has 0 aromatic carbocycles. The van der Waals surface area contributed by atoms with Gasteiger partial charge in [-0.1, -0.05) is 11.6 Å². The zero-order chi connectivity index (χ0) is 13.4. The highest BCUT2D eigenvalue weighted by Crippen LogP contribution is 2.30. The van der Waals surface area contributed by atoms with E-state index < -0.39 is 5.97 Å². The Morgan fingerprint density at radius 1 is 1.42 bits per heavy atom. The third-order valence-electron chi connectivity index (χ3n) is 3.99. The van der Waals surface area contributed by atoms with Gasteiger partial charge in [-0.3, -0.25) is 4.90 Å². The van der Waals surface area contributed by atoms with Crippen molar-refractivity contribution in [2.45, 2.75) is 18.9 Å². The molecule has 0 spiro atoms. The van der Waals surface area contributed by atoms with Gasteiger partial charge >= 0.3 is 5.97 Å². The lowest BCUT2D eigenvalue weighted by Gasteiger charge is -2.38. The van der Waals surface area contributed by atoms with Crippen molar-refractivity contribution in [2.75, 3.05) is 31.1 Å². The van der Waals surface area contributed by atoms with Gasteiger partial charge in [-0.2, -0.15) is 0 Å². The summed E-state index contributed by atoms with van der Waals surface area (Å²) in [6.07, 6.45) is 3.97. The molecular weight excluding hydrogens is 266 g/mol. The number of fused-ring (bicyclic) bond motifs is 1. The fraction of sp³-hybridized carbons (Fsp3) is 0.538. The van der Waals surface area contributed by atoms with Gasteiger partial charge in [0.25, 0.3) is 0 Å². The largest absolute Gasteiger partial charge is 0.478 e. The topological polar surface area (TPSA) is 56.7 Å². The first kappa shape index (κ1) is 12.7. The molecule has 1 N–H and O–H groups in total. The fourth-order valence-corrected chi connectivity index (χ4v) is 3.31. The van der Waals surface area contributed by atoms with Crippen molar-refractivity contribution in [2.24, 2.45) is 0 Å². The van der Waals surface area contributed by atoms with Crippen LogP contribution in [0.4, 0.5) is 5.82 Å². The Morgan fingerprint density at radius 2 is 2.26 bits per heavy atom. The Labute approximate surface area is 116 Å². The predicted molar refractivity (Wildman–Crippen MR) is 73.0 cm³/mol. The fourth-order valence-electron chi connectivity index (χ4n) is 3.00. The van der Waals surface area contributed by atoms with E-state index in [1.54, 1.807) is 0 Å². The van der Waals surface area contributed by atoms with Crippen LogP contribution in [0.15, 0.2) is 12.3 Å². The van der Waals surface area contributed by atoms with Crippen molar-refractivity contribution in [3.05, 3.63) is 22.8 Å². The Morgan fingerprint density at radius 3 is 3.05 bits per heavy atom. The number of carboxylic acids is 1. The van der Waals surface area contributed by atoms with Gasteiger partial charge in [-0.15, -0.1) is 0 Å². The molecule has 6 heteroatoms. The number of nitrogens with zero attached hydrogens (tertiary/aromatic N) is 3. The van der Waals surface area contributed by atoms with Gasteiger partial charge < -0.3 is 10.0 Å². The normalized spacial score (nSPS) is 23.4. The van der Waals surface area contributed by atoms with Crippen LogP contribution in [0, 0.1) is 0 Å². The van der Waals surface area contributed by atoms with Gasteiger partial charge in [-0.25, -0.2) is 9.78 Å². The van der Waals surface area contributed by atoms with Crippen LogP contribution in [0.25, 0.3) is 0 Å². The summed E-state index contributed by atoms with van der Waals surface area (Å²) in [5.74, 6) is -0.402. The highest BCUT2D eigenvalue weighted by Gasteiger charge is 2.32. The van der Waals surface area contributed by atoms with Crippen molar-refractivity contribution in [3.8, 4) is 0 Å². The van der Waals surface area contributed by atoms with Crippen molar-refractivity contribution >= 4 is 23.4 Å². The Balaban J connectivity index is 1.86. The molecule has 0 radical (unpaired) electrons. The summed E-state index contributed by atoms with van der Waals surface area (Å²) < 4.78 is 0. The Bertz CT molecular complexity index is 509. The average molecular weight is 282 g/mol. The number of carboxylic acid groups (broad SMARTS) is 1. The van der Waals surface area contributed by atoms with E-state index in [0.717, 1.165) is 19.6 Å². The van der Waals surface area contributed by atoms with Gasteiger partial charge in [0.15, 0.2) is 0 Å². The lowest BCUT2D eigenvalue weighted by Crippen LogP contribution is -2.50. The number of hydrogen-bond donors (Lipinski definition) is 1. The molecule has 3 rings (SSSR count). The van der Waals surface area contributed by atoms with Crippen molar-refractivity contribution in [3.63, 3.8) is 0 Å². The molecule has 19 heavy (non-hydrogen) atoms. The van der Waals surface area contributed by atoms with E-state index >= 15 is 0 Å². The maximum absolute atomic E-state index is 11.1. The lowest BCUT2D eigenvalue weighted by atomic mass is 10.1. The maximum atomic E-state index is 11.1. The van der Waals surface area contributed by atoms with Gasteiger partial charge in [0.05, 0.1) is 10.6 Å². The van der Waals surface area contributed by atoms with E-state index in [0.29, 0.717) is 11.9 Å². The number of halogens is 1. The molecule has 1 unspecified atom stereocenters. The third-order valence-corrected chi connectivity index (χ3v) is 4.36. The number of hydrogen-bond acceptors (Lipinski definition) is 4. The summed E-state index contributed by atoms with van der Waals surface area (Å²) in [5, 5.41) is 9.35. The molecule has 0 aliphatic carbocycles. The van der Waals surface area contributed by atoms with Crippen LogP contribution in [-0.4, -0.2) is 53.2 Å². The smallest absolute Gasteiger partial charge is 0.337 e. The molecule has 102 valence electrons. The van der Waals surface area contributed by atoms with E-state index in [2.05, 4.69) is 14.8 Å². The van der Waals surface area contributed by atoms with E-state index in [9.17, 15) is 4.79 Å². The number of pyridine rings is 1. The van der Waals surface area contributed by atoms with E-state index in [-0.39, 0.29) is 10.6 Å². The van der Waals surface area contributed by atoms with Crippen LogP contribution < -0.4 is 4.90 Å². The molecule has 5 nitrogen and oxygen atoms in total. The number of aromatic carboxylic acids is 1. The number of piperazine rings is 1. The predicted octanol–water partition coefficient (Wildman–Crippen LogP) is 1.72. The van der Waals surface area contributed by atoms with Crippen LogP contribution in [0.2, 0.25) is 5.02 Å². The van der Waals surface area contributed by atoms with Crippen molar-refractivity contribution < 1.29 is 9.90 Å². The van der Waals surface area contributed by atoms with Gasteiger partial charge in [0.2, 0.25) is 0 Å². The van der Waals surface area contributed by atoms with E-state index in [1.165, 1.54) is 31.6 Å². The van der Waals surface area contributed by atoms with Crippen molar-refractivity contribution in [1.82, 2.24) is 9.88 Å². The SMILES string of the molecule is O=C(O)c1ccnc(N2CCN3CCCC3C2)c1Cl. The quantitative estimate of drug-likeness (QED) is 0.894. The second-order valence-corrected chi connectivity index (χ2v) is 5.46. The summed E-state index contributed by atoms with van der Waals surface area (Å²) in [6, 6.07) is 2.00. The number of carbonyl (C=O) groups is 1. The van der Waals surface area contributed by atoms with E-state index in [4.69, 9.17) is 16.7 Å². The molecular formula is C13H16ClN3O2. The highest BCUT2D eigenvalue weighted by molar-refractivity contribution is 6.35. The average Bonchev–Trinajstić information content (AvgIpc) is 2.85. The Kier molecular flexibility index (Phi) is 3.33. The molecule has 3 heterocycles. The van der Waals surface area contributed by atoms with Crippen molar-refractivity contribution in [1.29, 1.82) is 0 Å². The molecule has 0 saturated carbocycles. The number of anilines is 1. The third kappa shape index (κ3) is 2.28. The first-order valence-corrected chi connectivity index (χ1v) is 6.91. The standard InChI is InChI=1S/C13H16ClN3O2/c14-11-10(13(18)19)3-4-15-12(11)17-7-6-16-5-1-2-9(16)8-17/h3-4,9H,1-2,5-8H2,(H,18,19). The molecule has 1 aromatic heterocycles. The second kappa shape index (κ2) is 4.98. The summed E-state index contributed by atoms with van der Waals surface area (Å²) >= 11 is 6.18. The second-order valence-electron chi connectivity index (χ2n) is 5.08. The van der Waals surface area contributed by atoms with Gasteiger partial charge in [0.1, 0.15) is 5.82 Å². The minimum atomic E-state index is -1.01. The van der Waals surface area contributed by atoms with Gasteiger partial charge in [-0.05, 0) is 25.5 Å². The van der Waals surface area contributed by atoms with Crippen LogP contribution >= 0.6 is 11.6 Å². The molecule has 2 aliphatic heterocycles. The minimum Gasteiger partial charge on any atom is -0.478 e. The van der Waals surface area contributed by atoms with Gasteiger partial charge in [0, 0.05) is 31.9 Å². The minimum absolute atomic E-state index is 0.125. The van der Waals surface area contributed by atoms with Crippen LogP contribution in [-0.2, 0) is 0 Å². The van der Waals surface area contributed by atoms with Crippen LogP contribution in [0.5, 0.6) is 0 Å². The monoisotopic (exact) mass is 281 g/mol. The number of rotatable bonds is 2. The molecule has 2 fully saturated rings. The summed E-state index contributed by atoms with van der Waals surface area (Å²) in [4.78, 5) is 20.0. The first-order chi connectivity index (χ1) is 9.16. The highest BCUT2D eigenvalue weighted by atomic mass is 35.5. The molecule has 2 aliphatic rings. The molecule has 1 aromatic rings. The zero-order valence-corrected chi connectivity index (χ0v) is 11.3. The molecule has 0 bridgehead atoms. The lowest BCUT2D eigenvalue weighted by molar-refractivity contribution is 0.0697. The summed E-state index contributed by atoms with van der Waals surface area (Å²) in [7, 11) is 0. The summed E-state index contributed by atoms with van der Waals surface area (Å²) in [6.45, 7) is 3.91. The van der Waals surface area contributed by atoms with E-state index in [1.807, 2.05) is 0 Å². The first-order valence-electron chi connectivity index (χ1n) is 6.53. The number of aromatic nitrogens is 1. The molecule has 0 amide bonds.